The monoisotopic (exact) mass is 320 g/mol. The molecule has 0 bridgehead atoms. The smallest absolute Gasteiger partial charge is 0.167 e. The van der Waals surface area contributed by atoms with E-state index in [0.29, 0.717) is 11.1 Å². The summed E-state index contributed by atoms with van der Waals surface area (Å²) in [5.41, 5.74) is 3.46. The predicted molar refractivity (Wildman–Crippen MR) is 78.1 cm³/mol. The first-order valence-corrected chi connectivity index (χ1v) is 6.80. The molecular formula is C16H14BrFO. The highest BCUT2D eigenvalue weighted by Gasteiger charge is 2.11. The van der Waals surface area contributed by atoms with Crippen LogP contribution >= 0.6 is 15.9 Å². The van der Waals surface area contributed by atoms with Crippen LogP contribution in [0.2, 0.25) is 0 Å². The number of benzene rings is 2. The fourth-order valence-electron chi connectivity index (χ4n) is 2.09. The van der Waals surface area contributed by atoms with Crippen molar-refractivity contribution in [2.75, 3.05) is 0 Å². The number of hydrogen-bond acceptors (Lipinski definition) is 1. The number of ketones is 1. The van der Waals surface area contributed by atoms with Gasteiger partial charge in [-0.3, -0.25) is 4.79 Å². The minimum Gasteiger partial charge on any atom is -0.294 e. The summed E-state index contributed by atoms with van der Waals surface area (Å²) in [6, 6.07) is 10.1. The third kappa shape index (κ3) is 3.51. The lowest BCUT2D eigenvalue weighted by molar-refractivity contribution is 0.0992. The molecule has 19 heavy (non-hydrogen) atoms. The standard InChI is InChI=1S/C16H14BrFO/c1-10-5-11(2)7-13(6-10)16(19)9-12-8-14(18)3-4-15(12)17/h3-8H,9H2,1-2H3. The van der Waals surface area contributed by atoms with Crippen LogP contribution in [0.1, 0.15) is 27.0 Å². The van der Waals surface area contributed by atoms with E-state index < -0.39 is 0 Å². The van der Waals surface area contributed by atoms with Gasteiger partial charge >= 0.3 is 0 Å². The number of Topliss-reactive ketones (excluding diaryl/α,β-unsaturated/α-hetero) is 1. The fourth-order valence-corrected chi connectivity index (χ4v) is 2.48. The second kappa shape index (κ2) is 5.66. The van der Waals surface area contributed by atoms with Crippen LogP contribution in [-0.2, 0) is 6.42 Å². The maximum absolute atomic E-state index is 13.2. The molecule has 0 unspecified atom stereocenters. The van der Waals surface area contributed by atoms with Gasteiger partial charge < -0.3 is 0 Å². The molecule has 0 aromatic heterocycles. The van der Waals surface area contributed by atoms with Crippen LogP contribution in [0, 0.1) is 19.7 Å². The van der Waals surface area contributed by atoms with Gasteiger partial charge in [-0.15, -0.1) is 0 Å². The Kier molecular flexibility index (Phi) is 4.15. The normalized spacial score (nSPS) is 10.5. The first-order chi connectivity index (χ1) is 8.95. The van der Waals surface area contributed by atoms with Gasteiger partial charge in [0.05, 0.1) is 0 Å². The zero-order valence-electron chi connectivity index (χ0n) is 10.8. The van der Waals surface area contributed by atoms with E-state index >= 15 is 0 Å². The number of aryl methyl sites for hydroxylation is 2. The summed E-state index contributed by atoms with van der Waals surface area (Å²) in [5.74, 6) is -0.329. The zero-order chi connectivity index (χ0) is 14.0. The van der Waals surface area contributed by atoms with Crippen molar-refractivity contribution in [3.63, 3.8) is 0 Å². The Morgan fingerprint density at radius 1 is 1.11 bits per heavy atom. The highest BCUT2D eigenvalue weighted by atomic mass is 79.9. The average Bonchev–Trinajstić information content (AvgIpc) is 2.32. The van der Waals surface area contributed by atoms with E-state index in [9.17, 15) is 9.18 Å². The first-order valence-electron chi connectivity index (χ1n) is 6.01. The lowest BCUT2D eigenvalue weighted by Gasteiger charge is -2.06. The predicted octanol–water partition coefficient (Wildman–Crippen LogP) is 4.63. The molecule has 2 aromatic rings. The maximum atomic E-state index is 13.2. The topological polar surface area (TPSA) is 17.1 Å². The highest BCUT2D eigenvalue weighted by Crippen LogP contribution is 2.20. The number of halogens is 2. The van der Waals surface area contributed by atoms with Gasteiger partial charge in [-0.05, 0) is 49.7 Å². The summed E-state index contributed by atoms with van der Waals surface area (Å²) in [7, 11) is 0. The molecule has 0 fully saturated rings. The summed E-state index contributed by atoms with van der Waals surface area (Å²) in [5, 5.41) is 0. The van der Waals surface area contributed by atoms with Crippen LogP contribution in [0.3, 0.4) is 0 Å². The van der Waals surface area contributed by atoms with E-state index in [2.05, 4.69) is 15.9 Å². The van der Waals surface area contributed by atoms with Crippen molar-refractivity contribution >= 4 is 21.7 Å². The second-order valence-electron chi connectivity index (χ2n) is 4.71. The molecule has 0 aliphatic heterocycles. The van der Waals surface area contributed by atoms with Gasteiger partial charge in [-0.1, -0.05) is 33.1 Å². The van der Waals surface area contributed by atoms with Crippen molar-refractivity contribution in [1.82, 2.24) is 0 Å². The molecule has 0 saturated heterocycles. The van der Waals surface area contributed by atoms with Crippen molar-refractivity contribution in [1.29, 1.82) is 0 Å². The van der Waals surface area contributed by atoms with E-state index in [1.165, 1.54) is 12.1 Å². The van der Waals surface area contributed by atoms with E-state index in [0.717, 1.165) is 15.6 Å². The molecule has 0 aliphatic carbocycles. The minimum absolute atomic E-state index is 0.00176. The Morgan fingerprint density at radius 3 is 2.37 bits per heavy atom. The highest BCUT2D eigenvalue weighted by molar-refractivity contribution is 9.10. The largest absolute Gasteiger partial charge is 0.294 e. The average molecular weight is 321 g/mol. The fraction of sp³-hybridized carbons (Fsp3) is 0.188. The van der Waals surface area contributed by atoms with Crippen LogP contribution < -0.4 is 0 Å². The van der Waals surface area contributed by atoms with Gasteiger partial charge in [0.15, 0.2) is 5.78 Å². The van der Waals surface area contributed by atoms with E-state index in [1.54, 1.807) is 6.07 Å². The SMILES string of the molecule is Cc1cc(C)cc(C(=O)Cc2cc(F)ccc2Br)c1. The lowest BCUT2D eigenvalue weighted by Crippen LogP contribution is -2.05. The van der Waals surface area contributed by atoms with Crippen molar-refractivity contribution in [3.05, 3.63) is 68.9 Å². The van der Waals surface area contributed by atoms with E-state index in [4.69, 9.17) is 0 Å². The molecule has 0 amide bonds. The van der Waals surface area contributed by atoms with Gasteiger partial charge in [-0.2, -0.15) is 0 Å². The maximum Gasteiger partial charge on any atom is 0.167 e. The molecular weight excluding hydrogens is 307 g/mol. The number of rotatable bonds is 3. The Bertz CT molecular complexity index is 614. The lowest BCUT2D eigenvalue weighted by atomic mass is 9.99. The molecule has 0 heterocycles. The molecule has 1 nitrogen and oxygen atoms in total. The van der Waals surface area contributed by atoms with Crippen LogP contribution in [0.25, 0.3) is 0 Å². The van der Waals surface area contributed by atoms with E-state index in [-0.39, 0.29) is 18.0 Å². The van der Waals surface area contributed by atoms with Crippen LogP contribution in [0.4, 0.5) is 4.39 Å². The van der Waals surface area contributed by atoms with Gasteiger partial charge in [0.25, 0.3) is 0 Å². The molecule has 0 N–H and O–H groups in total. The Morgan fingerprint density at radius 2 is 1.74 bits per heavy atom. The van der Waals surface area contributed by atoms with Crippen molar-refractivity contribution in [2.24, 2.45) is 0 Å². The van der Waals surface area contributed by atoms with Crippen molar-refractivity contribution in [3.8, 4) is 0 Å². The third-order valence-corrected chi connectivity index (χ3v) is 3.68. The minimum atomic E-state index is -0.327. The summed E-state index contributed by atoms with van der Waals surface area (Å²) < 4.78 is 14.0. The quantitative estimate of drug-likeness (QED) is 0.753. The second-order valence-corrected chi connectivity index (χ2v) is 5.57. The van der Waals surface area contributed by atoms with Gasteiger partial charge in [-0.25, -0.2) is 4.39 Å². The first kappa shape index (κ1) is 13.9. The van der Waals surface area contributed by atoms with Crippen molar-refractivity contribution < 1.29 is 9.18 Å². The van der Waals surface area contributed by atoms with Crippen LogP contribution in [0.15, 0.2) is 40.9 Å². The Labute approximate surface area is 120 Å². The van der Waals surface area contributed by atoms with Crippen molar-refractivity contribution in [2.45, 2.75) is 20.3 Å². The summed E-state index contributed by atoms with van der Waals surface area (Å²) in [4.78, 5) is 12.2. The Balaban J connectivity index is 2.28. The number of carbonyl (C=O) groups excluding carboxylic acids is 1. The molecule has 0 radical (unpaired) electrons. The molecule has 2 aromatic carbocycles. The summed E-state index contributed by atoms with van der Waals surface area (Å²) in [6.07, 6.45) is 0.196. The van der Waals surface area contributed by atoms with Gasteiger partial charge in [0.2, 0.25) is 0 Å². The zero-order valence-corrected chi connectivity index (χ0v) is 12.4. The number of carbonyl (C=O) groups is 1. The molecule has 98 valence electrons. The molecule has 0 atom stereocenters. The number of hydrogen-bond donors (Lipinski definition) is 0. The van der Waals surface area contributed by atoms with Gasteiger partial charge in [0, 0.05) is 16.5 Å². The van der Waals surface area contributed by atoms with Gasteiger partial charge in [0.1, 0.15) is 5.82 Å². The summed E-state index contributed by atoms with van der Waals surface area (Å²) >= 11 is 3.34. The van der Waals surface area contributed by atoms with Crippen LogP contribution in [-0.4, -0.2) is 5.78 Å². The summed E-state index contributed by atoms with van der Waals surface area (Å²) in [6.45, 7) is 3.92. The Hall–Kier alpha value is -1.48. The third-order valence-electron chi connectivity index (χ3n) is 2.90. The molecule has 2 rings (SSSR count). The molecule has 0 spiro atoms. The molecule has 3 heteroatoms. The molecule has 0 aliphatic rings. The molecule has 0 saturated carbocycles. The van der Waals surface area contributed by atoms with Crippen LogP contribution in [0.5, 0.6) is 0 Å². The van der Waals surface area contributed by atoms with E-state index in [1.807, 2.05) is 32.0 Å².